The molecule has 0 radical (unpaired) electrons. The molecule has 0 aliphatic rings. The van der Waals surface area contributed by atoms with Crippen molar-refractivity contribution in [1.82, 2.24) is 9.97 Å². The van der Waals surface area contributed by atoms with Gasteiger partial charge in [-0.05, 0) is 23.8 Å². The van der Waals surface area contributed by atoms with Gasteiger partial charge in [0.05, 0.1) is 5.39 Å². The van der Waals surface area contributed by atoms with E-state index in [0.29, 0.717) is 5.92 Å². The molecule has 2 heterocycles. The molecule has 5 heteroatoms. The van der Waals surface area contributed by atoms with E-state index in [4.69, 9.17) is 11.6 Å². The summed E-state index contributed by atoms with van der Waals surface area (Å²) >= 11 is 7.42. The molecule has 17 heavy (non-hydrogen) atoms. The number of aromatic nitrogens is 2. The number of hydrogen-bond acceptors (Lipinski definition) is 4. The van der Waals surface area contributed by atoms with Gasteiger partial charge in [-0.15, -0.1) is 22.9 Å². The van der Waals surface area contributed by atoms with Crippen LogP contribution in [0.2, 0.25) is 0 Å². The largest absolute Gasteiger partial charge is 0.369 e. The Morgan fingerprint density at radius 1 is 1.47 bits per heavy atom. The van der Waals surface area contributed by atoms with Crippen LogP contribution in [0.1, 0.15) is 19.8 Å². The summed E-state index contributed by atoms with van der Waals surface area (Å²) < 4.78 is 0. The van der Waals surface area contributed by atoms with Crippen LogP contribution >= 0.6 is 22.9 Å². The second-order valence-electron chi connectivity index (χ2n) is 3.99. The van der Waals surface area contributed by atoms with Crippen molar-refractivity contribution in [3.05, 3.63) is 17.8 Å². The zero-order valence-electron chi connectivity index (χ0n) is 9.82. The Bertz CT molecular complexity index is 471. The first-order chi connectivity index (χ1) is 8.35. The molecule has 0 aliphatic carbocycles. The Hall–Kier alpha value is -0.870. The van der Waals surface area contributed by atoms with Crippen LogP contribution in [-0.2, 0) is 0 Å². The number of hydrogen-bond donors (Lipinski definition) is 1. The number of nitrogens with one attached hydrogen (secondary N) is 1. The standard InChI is InChI=1S/C12H16ClN3S/c1-2-9(3-5-13)7-14-11-10-4-6-17-12(10)16-8-15-11/h4,6,8-9H,2-3,5,7H2,1H3,(H,14,15,16). The van der Waals surface area contributed by atoms with Crippen LogP contribution in [0.25, 0.3) is 10.2 Å². The SMILES string of the molecule is CCC(CCCl)CNc1ncnc2sccc12. The van der Waals surface area contributed by atoms with Crippen molar-refractivity contribution in [2.75, 3.05) is 17.7 Å². The van der Waals surface area contributed by atoms with Gasteiger partial charge in [0, 0.05) is 12.4 Å². The van der Waals surface area contributed by atoms with Gasteiger partial charge in [-0.3, -0.25) is 0 Å². The van der Waals surface area contributed by atoms with Gasteiger partial charge >= 0.3 is 0 Å². The minimum absolute atomic E-state index is 0.608. The topological polar surface area (TPSA) is 37.8 Å². The first-order valence-corrected chi connectivity index (χ1v) is 7.24. The van der Waals surface area contributed by atoms with E-state index >= 15 is 0 Å². The third-order valence-electron chi connectivity index (χ3n) is 2.91. The van der Waals surface area contributed by atoms with Gasteiger partial charge in [0.2, 0.25) is 0 Å². The van der Waals surface area contributed by atoms with Gasteiger partial charge < -0.3 is 5.32 Å². The Morgan fingerprint density at radius 2 is 2.35 bits per heavy atom. The predicted molar refractivity (Wildman–Crippen MR) is 75.0 cm³/mol. The van der Waals surface area contributed by atoms with Crippen LogP contribution < -0.4 is 5.32 Å². The Kier molecular flexibility index (Phi) is 4.57. The second-order valence-corrected chi connectivity index (χ2v) is 5.27. The van der Waals surface area contributed by atoms with Gasteiger partial charge in [0.25, 0.3) is 0 Å². The van der Waals surface area contributed by atoms with Gasteiger partial charge in [-0.1, -0.05) is 13.3 Å². The molecule has 0 amide bonds. The van der Waals surface area contributed by atoms with Gasteiger partial charge in [0.15, 0.2) is 0 Å². The summed E-state index contributed by atoms with van der Waals surface area (Å²) in [5.74, 6) is 2.26. The van der Waals surface area contributed by atoms with Crippen molar-refractivity contribution >= 4 is 39.0 Å². The van der Waals surface area contributed by atoms with Crippen molar-refractivity contribution < 1.29 is 0 Å². The van der Waals surface area contributed by atoms with Crippen molar-refractivity contribution in [2.24, 2.45) is 5.92 Å². The molecule has 0 bridgehead atoms. The van der Waals surface area contributed by atoms with E-state index in [1.807, 2.05) is 5.38 Å². The van der Waals surface area contributed by atoms with Crippen LogP contribution in [-0.4, -0.2) is 22.4 Å². The number of nitrogens with zero attached hydrogens (tertiary/aromatic N) is 2. The van der Waals surface area contributed by atoms with Crippen LogP contribution in [0.4, 0.5) is 5.82 Å². The summed E-state index contributed by atoms with van der Waals surface area (Å²) in [7, 11) is 0. The molecule has 0 saturated carbocycles. The number of halogens is 1. The maximum atomic E-state index is 5.78. The van der Waals surface area contributed by atoms with Gasteiger partial charge in [0.1, 0.15) is 17.0 Å². The lowest BCUT2D eigenvalue weighted by atomic mass is 10.0. The molecule has 2 aromatic heterocycles. The highest BCUT2D eigenvalue weighted by atomic mass is 35.5. The molecule has 0 aliphatic heterocycles. The third-order valence-corrected chi connectivity index (χ3v) is 3.95. The summed E-state index contributed by atoms with van der Waals surface area (Å²) in [4.78, 5) is 9.56. The van der Waals surface area contributed by atoms with E-state index < -0.39 is 0 Å². The monoisotopic (exact) mass is 269 g/mol. The van der Waals surface area contributed by atoms with E-state index in [2.05, 4.69) is 28.3 Å². The maximum Gasteiger partial charge on any atom is 0.138 e. The molecule has 0 saturated heterocycles. The van der Waals surface area contributed by atoms with E-state index in [1.54, 1.807) is 17.7 Å². The number of thiophene rings is 1. The Balaban J connectivity index is 2.05. The quantitative estimate of drug-likeness (QED) is 0.812. The second kappa shape index (κ2) is 6.17. The van der Waals surface area contributed by atoms with Crippen LogP contribution in [0, 0.1) is 5.92 Å². The number of alkyl halides is 1. The van der Waals surface area contributed by atoms with Crippen molar-refractivity contribution in [1.29, 1.82) is 0 Å². The number of anilines is 1. The first kappa shape index (κ1) is 12.6. The van der Waals surface area contributed by atoms with E-state index in [-0.39, 0.29) is 0 Å². The normalized spacial score (nSPS) is 12.8. The van der Waals surface area contributed by atoms with Crippen LogP contribution in [0.5, 0.6) is 0 Å². The summed E-state index contributed by atoms with van der Waals surface area (Å²) in [5.41, 5.74) is 0. The molecular formula is C12H16ClN3S. The minimum Gasteiger partial charge on any atom is -0.369 e. The lowest BCUT2D eigenvalue weighted by Crippen LogP contribution is -2.15. The molecular weight excluding hydrogens is 254 g/mol. The molecule has 1 N–H and O–H groups in total. The fraction of sp³-hybridized carbons (Fsp3) is 0.500. The van der Waals surface area contributed by atoms with Gasteiger partial charge in [-0.25, -0.2) is 9.97 Å². The highest BCUT2D eigenvalue weighted by molar-refractivity contribution is 7.16. The molecule has 0 fully saturated rings. The van der Waals surface area contributed by atoms with E-state index in [0.717, 1.165) is 41.3 Å². The zero-order chi connectivity index (χ0) is 12.1. The number of rotatable bonds is 6. The average molecular weight is 270 g/mol. The average Bonchev–Trinajstić information content (AvgIpc) is 2.83. The highest BCUT2D eigenvalue weighted by Crippen LogP contribution is 2.24. The molecule has 1 unspecified atom stereocenters. The minimum atomic E-state index is 0.608. The van der Waals surface area contributed by atoms with Crippen LogP contribution in [0.15, 0.2) is 17.8 Å². The predicted octanol–water partition coefficient (Wildman–Crippen LogP) is 3.76. The van der Waals surface area contributed by atoms with Crippen molar-refractivity contribution in [3.63, 3.8) is 0 Å². The van der Waals surface area contributed by atoms with Crippen molar-refractivity contribution in [2.45, 2.75) is 19.8 Å². The summed E-state index contributed by atoms with van der Waals surface area (Å²) in [6, 6.07) is 2.06. The molecule has 0 aromatic carbocycles. The molecule has 2 aromatic rings. The smallest absolute Gasteiger partial charge is 0.138 e. The molecule has 92 valence electrons. The molecule has 2 rings (SSSR count). The van der Waals surface area contributed by atoms with E-state index in [1.165, 1.54) is 0 Å². The zero-order valence-corrected chi connectivity index (χ0v) is 11.4. The lowest BCUT2D eigenvalue weighted by molar-refractivity contribution is 0.521. The molecule has 0 spiro atoms. The van der Waals surface area contributed by atoms with E-state index in [9.17, 15) is 0 Å². The first-order valence-electron chi connectivity index (χ1n) is 5.83. The lowest BCUT2D eigenvalue weighted by Gasteiger charge is -2.14. The third kappa shape index (κ3) is 3.07. The molecule has 1 atom stereocenters. The summed E-state index contributed by atoms with van der Waals surface area (Å²) in [6.45, 7) is 3.12. The Morgan fingerprint density at radius 3 is 3.12 bits per heavy atom. The Labute approximate surface area is 110 Å². The van der Waals surface area contributed by atoms with Gasteiger partial charge in [-0.2, -0.15) is 0 Å². The fourth-order valence-corrected chi connectivity index (χ4v) is 2.82. The van der Waals surface area contributed by atoms with Crippen LogP contribution in [0.3, 0.4) is 0 Å². The molecule has 3 nitrogen and oxygen atoms in total. The number of fused-ring (bicyclic) bond motifs is 1. The summed E-state index contributed by atoms with van der Waals surface area (Å²) in [5, 5.41) is 6.56. The van der Waals surface area contributed by atoms with Crippen molar-refractivity contribution in [3.8, 4) is 0 Å². The maximum absolute atomic E-state index is 5.78. The highest BCUT2D eigenvalue weighted by Gasteiger charge is 2.08. The fourth-order valence-electron chi connectivity index (χ4n) is 1.78. The summed E-state index contributed by atoms with van der Waals surface area (Å²) in [6.07, 6.45) is 3.80.